The Morgan fingerprint density at radius 3 is 2.45 bits per heavy atom. The standard InChI is InChI=1S/C35H35ClF2N6O4S/c1-17(2)29-30(19(4)10-11-39-29)44-31-22(14-24(36)27(28(31)38)26-18(3)8-9-25-23(26)15-40-41-25)32(33(35(44)46)49(7,47)48)42-12-13-43(20(5)16-42)34(45)21(6)37/h8-11,14-15,17,20H,6,12-13,16H2,1-5,7H3,(H,40,41)/t20-/m1/s1. The second-order valence-corrected chi connectivity index (χ2v) is 15.2. The van der Waals surface area contributed by atoms with Gasteiger partial charge in [-0.2, -0.15) is 5.10 Å². The molecule has 4 heterocycles. The highest BCUT2D eigenvalue weighted by atomic mass is 35.5. The van der Waals surface area contributed by atoms with E-state index in [1.807, 2.05) is 26.8 Å². The summed E-state index contributed by atoms with van der Waals surface area (Å²) < 4.78 is 60.1. The molecular weight excluding hydrogens is 674 g/mol. The van der Waals surface area contributed by atoms with E-state index >= 15 is 4.39 Å². The number of aromatic nitrogens is 4. The zero-order valence-corrected chi connectivity index (χ0v) is 29.4. The van der Waals surface area contributed by atoms with Crippen molar-refractivity contribution in [3.05, 3.63) is 87.1 Å². The molecule has 10 nitrogen and oxygen atoms in total. The molecule has 0 unspecified atom stereocenters. The van der Waals surface area contributed by atoms with E-state index in [1.165, 1.54) is 11.0 Å². The zero-order chi connectivity index (χ0) is 35.7. The second kappa shape index (κ2) is 12.4. The van der Waals surface area contributed by atoms with Gasteiger partial charge in [-0.25, -0.2) is 17.2 Å². The van der Waals surface area contributed by atoms with Crippen LogP contribution in [0.5, 0.6) is 0 Å². The molecule has 0 aliphatic carbocycles. The Labute approximate surface area is 286 Å². The molecule has 3 aromatic heterocycles. The number of amides is 1. The molecule has 1 atom stereocenters. The number of H-pyrrole nitrogens is 1. The lowest BCUT2D eigenvalue weighted by Crippen LogP contribution is -2.54. The Hall–Kier alpha value is -4.62. The van der Waals surface area contributed by atoms with E-state index in [0.29, 0.717) is 33.3 Å². The molecule has 256 valence electrons. The first-order valence-electron chi connectivity index (χ1n) is 15.6. The minimum Gasteiger partial charge on any atom is -0.366 e. The molecule has 2 aromatic carbocycles. The van der Waals surface area contributed by atoms with Gasteiger partial charge < -0.3 is 9.80 Å². The first-order valence-corrected chi connectivity index (χ1v) is 17.9. The summed E-state index contributed by atoms with van der Waals surface area (Å²) in [5, 5.41) is 7.69. The summed E-state index contributed by atoms with van der Waals surface area (Å²) in [5.74, 6) is -3.08. The first kappa shape index (κ1) is 34.3. The minimum absolute atomic E-state index is 0.00803. The van der Waals surface area contributed by atoms with Gasteiger partial charge in [0, 0.05) is 60.0 Å². The molecule has 0 saturated carbocycles. The topological polar surface area (TPSA) is 121 Å². The maximum atomic E-state index is 17.8. The Morgan fingerprint density at radius 2 is 1.82 bits per heavy atom. The van der Waals surface area contributed by atoms with Crippen LogP contribution in [0.15, 0.2) is 58.8 Å². The molecule has 0 bridgehead atoms. The van der Waals surface area contributed by atoms with E-state index in [9.17, 15) is 22.4 Å². The number of carbonyl (C=O) groups is 1. The Balaban J connectivity index is 1.80. The first-order chi connectivity index (χ1) is 23.0. The third-order valence-corrected chi connectivity index (χ3v) is 10.5. The fourth-order valence-corrected chi connectivity index (χ4v) is 8.17. The van der Waals surface area contributed by atoms with Crippen LogP contribution in [0.3, 0.4) is 0 Å². The van der Waals surface area contributed by atoms with Crippen molar-refractivity contribution in [2.45, 2.75) is 51.5 Å². The van der Waals surface area contributed by atoms with Gasteiger partial charge in [-0.15, -0.1) is 0 Å². The van der Waals surface area contributed by atoms with Crippen molar-refractivity contribution in [2.24, 2.45) is 0 Å². The number of carbonyl (C=O) groups excluding carboxylic acids is 1. The maximum absolute atomic E-state index is 17.8. The van der Waals surface area contributed by atoms with Gasteiger partial charge in [0.05, 0.1) is 39.3 Å². The van der Waals surface area contributed by atoms with Crippen molar-refractivity contribution < 1.29 is 22.0 Å². The van der Waals surface area contributed by atoms with Gasteiger partial charge in [0.15, 0.2) is 26.4 Å². The summed E-state index contributed by atoms with van der Waals surface area (Å²) in [7, 11) is -4.29. The van der Waals surface area contributed by atoms with Crippen LogP contribution in [0.4, 0.5) is 14.5 Å². The van der Waals surface area contributed by atoms with E-state index in [-0.39, 0.29) is 58.4 Å². The minimum atomic E-state index is -4.29. The van der Waals surface area contributed by atoms with Gasteiger partial charge in [0.1, 0.15) is 0 Å². The molecule has 1 aliphatic heterocycles. The monoisotopic (exact) mass is 708 g/mol. The van der Waals surface area contributed by atoms with Crippen molar-refractivity contribution in [1.82, 2.24) is 24.6 Å². The second-order valence-electron chi connectivity index (χ2n) is 12.8. The number of piperazine rings is 1. The molecule has 1 N–H and O–H groups in total. The zero-order valence-electron chi connectivity index (χ0n) is 27.9. The number of sulfone groups is 1. The number of rotatable bonds is 6. The Kier molecular flexibility index (Phi) is 8.64. The molecule has 0 radical (unpaired) electrons. The average Bonchev–Trinajstić information content (AvgIpc) is 3.50. The lowest BCUT2D eigenvalue weighted by Gasteiger charge is -2.41. The van der Waals surface area contributed by atoms with Crippen LogP contribution in [0.1, 0.15) is 43.5 Å². The fourth-order valence-electron chi connectivity index (χ4n) is 6.89. The number of pyridine rings is 2. The van der Waals surface area contributed by atoms with E-state index in [2.05, 4.69) is 21.8 Å². The van der Waals surface area contributed by atoms with Gasteiger partial charge in [-0.3, -0.25) is 24.2 Å². The quantitative estimate of drug-likeness (QED) is 0.203. The van der Waals surface area contributed by atoms with Crippen LogP contribution >= 0.6 is 11.6 Å². The van der Waals surface area contributed by atoms with Crippen molar-refractivity contribution in [3.63, 3.8) is 0 Å². The van der Waals surface area contributed by atoms with Gasteiger partial charge in [-0.1, -0.05) is 38.1 Å². The number of hydrogen-bond acceptors (Lipinski definition) is 7. The lowest BCUT2D eigenvalue weighted by atomic mass is 9.94. The fraction of sp³-hybridized carbons (Fsp3) is 0.314. The molecule has 49 heavy (non-hydrogen) atoms. The van der Waals surface area contributed by atoms with E-state index in [0.717, 1.165) is 10.8 Å². The SMILES string of the molecule is C=C(F)C(=O)N1CCN(c2c(S(C)(=O)=O)c(=O)n(-c3c(C)ccnc3C(C)C)c3c(F)c(-c4c(C)ccc5[nH]ncc45)c(Cl)cc23)C[C@H]1C. The van der Waals surface area contributed by atoms with Gasteiger partial charge in [0.2, 0.25) is 0 Å². The number of anilines is 1. The molecule has 1 aliphatic rings. The third kappa shape index (κ3) is 5.58. The maximum Gasteiger partial charge on any atom is 0.282 e. The van der Waals surface area contributed by atoms with E-state index < -0.39 is 43.9 Å². The van der Waals surface area contributed by atoms with Gasteiger partial charge in [-0.05, 0) is 56.0 Å². The smallest absolute Gasteiger partial charge is 0.282 e. The van der Waals surface area contributed by atoms with E-state index in [4.69, 9.17) is 11.6 Å². The number of benzene rings is 2. The summed E-state index contributed by atoms with van der Waals surface area (Å²) in [4.78, 5) is 34.3. The van der Waals surface area contributed by atoms with Crippen molar-refractivity contribution in [2.75, 3.05) is 30.8 Å². The van der Waals surface area contributed by atoms with Crippen LogP contribution in [-0.4, -0.2) is 70.9 Å². The number of nitrogens with one attached hydrogen (secondary N) is 1. The van der Waals surface area contributed by atoms with Crippen molar-refractivity contribution in [1.29, 1.82) is 0 Å². The summed E-state index contributed by atoms with van der Waals surface area (Å²) in [6.45, 7) is 12.1. The highest BCUT2D eigenvalue weighted by molar-refractivity contribution is 7.90. The number of fused-ring (bicyclic) bond motifs is 2. The third-order valence-electron chi connectivity index (χ3n) is 9.10. The summed E-state index contributed by atoms with van der Waals surface area (Å²) >= 11 is 7.00. The summed E-state index contributed by atoms with van der Waals surface area (Å²) in [5.41, 5.74) is 1.92. The van der Waals surface area contributed by atoms with Crippen molar-refractivity contribution in [3.8, 4) is 16.8 Å². The predicted molar refractivity (Wildman–Crippen MR) is 188 cm³/mol. The average molecular weight is 709 g/mol. The van der Waals surface area contributed by atoms with Gasteiger partial charge >= 0.3 is 0 Å². The van der Waals surface area contributed by atoms with Gasteiger partial charge in [0.25, 0.3) is 11.5 Å². The molecule has 1 amide bonds. The lowest BCUT2D eigenvalue weighted by molar-refractivity contribution is -0.131. The van der Waals surface area contributed by atoms with Crippen LogP contribution < -0.4 is 10.5 Å². The molecular formula is C35H35ClF2N6O4S. The van der Waals surface area contributed by atoms with E-state index in [1.54, 1.807) is 43.3 Å². The molecule has 14 heteroatoms. The van der Waals surface area contributed by atoms with Crippen molar-refractivity contribution >= 4 is 54.8 Å². The number of aromatic amines is 1. The molecule has 0 spiro atoms. The normalized spacial score (nSPS) is 15.5. The predicted octanol–water partition coefficient (Wildman–Crippen LogP) is 6.39. The number of nitrogens with zero attached hydrogens (tertiary/aromatic N) is 5. The molecule has 5 aromatic rings. The molecule has 1 fully saturated rings. The van der Waals surface area contributed by atoms with Crippen LogP contribution in [-0.2, 0) is 14.6 Å². The Morgan fingerprint density at radius 1 is 1.10 bits per heavy atom. The number of aryl methyl sites for hydroxylation is 2. The van der Waals surface area contributed by atoms with Crippen LogP contribution in [0.25, 0.3) is 38.6 Å². The summed E-state index contributed by atoms with van der Waals surface area (Å²) in [6, 6.07) is 6.16. The number of halogens is 3. The molecule has 6 rings (SSSR count). The van der Waals surface area contributed by atoms with Crippen LogP contribution in [0, 0.1) is 19.7 Å². The summed E-state index contributed by atoms with van der Waals surface area (Å²) in [6.07, 6.45) is 4.08. The Bertz CT molecular complexity index is 2390. The largest absolute Gasteiger partial charge is 0.366 e. The highest BCUT2D eigenvalue weighted by Gasteiger charge is 2.36. The molecule has 1 saturated heterocycles. The van der Waals surface area contributed by atoms with Crippen LogP contribution in [0.2, 0.25) is 5.02 Å². The number of hydrogen-bond donors (Lipinski definition) is 1. The highest BCUT2D eigenvalue weighted by Crippen LogP contribution is 2.45.